The molecule has 0 spiro atoms. The third-order valence-corrected chi connectivity index (χ3v) is 5.67. The summed E-state index contributed by atoms with van der Waals surface area (Å²) >= 11 is 1.47. The maximum Gasteiger partial charge on any atom is 0.341 e. The van der Waals surface area contributed by atoms with Crippen LogP contribution >= 0.6 is 11.3 Å². The standard InChI is InChI=1S/C18H26N2O3S/c1-3-14-9-15(18(22)23-4-2)17(24-14)19-16(21)11-20(13-7-8-13)10-12-5-6-12/h9,12-13H,3-8,10-11H2,1-2H3,(H,19,21). The first-order chi connectivity index (χ1) is 11.6. The van der Waals surface area contributed by atoms with Gasteiger partial charge in [-0.05, 0) is 51.0 Å². The molecule has 0 radical (unpaired) electrons. The summed E-state index contributed by atoms with van der Waals surface area (Å²) in [5.41, 5.74) is 0.479. The average molecular weight is 350 g/mol. The molecule has 0 aromatic carbocycles. The average Bonchev–Trinajstić information content (AvgIpc) is 3.45. The van der Waals surface area contributed by atoms with Crippen LogP contribution in [-0.4, -0.2) is 42.5 Å². The van der Waals surface area contributed by atoms with Gasteiger partial charge >= 0.3 is 5.97 Å². The number of anilines is 1. The smallest absolute Gasteiger partial charge is 0.341 e. The topological polar surface area (TPSA) is 58.6 Å². The maximum atomic E-state index is 12.5. The zero-order chi connectivity index (χ0) is 17.1. The summed E-state index contributed by atoms with van der Waals surface area (Å²) in [6.45, 7) is 5.61. The number of nitrogens with zero attached hydrogens (tertiary/aromatic N) is 1. The van der Waals surface area contributed by atoms with Crippen LogP contribution in [0.1, 0.15) is 54.8 Å². The summed E-state index contributed by atoms with van der Waals surface area (Å²) in [5, 5.41) is 3.57. The van der Waals surface area contributed by atoms with E-state index in [0.717, 1.165) is 23.8 Å². The Balaban J connectivity index is 1.63. The largest absolute Gasteiger partial charge is 0.462 e. The normalized spacial score (nSPS) is 17.1. The molecule has 5 nitrogen and oxygen atoms in total. The second-order valence-corrected chi connectivity index (χ2v) is 7.82. The minimum atomic E-state index is -0.360. The molecule has 24 heavy (non-hydrogen) atoms. The van der Waals surface area contributed by atoms with E-state index in [-0.39, 0.29) is 11.9 Å². The number of hydrogen-bond donors (Lipinski definition) is 1. The van der Waals surface area contributed by atoms with Crippen LogP contribution in [0.15, 0.2) is 6.07 Å². The van der Waals surface area contributed by atoms with Crippen LogP contribution in [0, 0.1) is 5.92 Å². The second kappa shape index (κ2) is 7.66. The van der Waals surface area contributed by atoms with Gasteiger partial charge < -0.3 is 10.1 Å². The molecular formula is C18H26N2O3S. The molecule has 2 fully saturated rings. The minimum Gasteiger partial charge on any atom is -0.462 e. The van der Waals surface area contributed by atoms with Crippen molar-refractivity contribution in [3.8, 4) is 0 Å². The van der Waals surface area contributed by atoms with Crippen molar-refractivity contribution in [1.29, 1.82) is 0 Å². The summed E-state index contributed by atoms with van der Waals surface area (Å²) in [4.78, 5) is 28.0. The highest BCUT2D eigenvalue weighted by Gasteiger charge is 2.34. The van der Waals surface area contributed by atoms with Crippen LogP contribution in [0.25, 0.3) is 0 Å². The Labute approximate surface area is 147 Å². The molecule has 2 saturated carbocycles. The zero-order valence-electron chi connectivity index (χ0n) is 14.5. The van der Waals surface area contributed by atoms with Crippen molar-refractivity contribution in [2.75, 3.05) is 25.0 Å². The fourth-order valence-electron chi connectivity index (χ4n) is 2.83. The molecule has 0 atom stereocenters. The number of thiophene rings is 1. The van der Waals surface area contributed by atoms with E-state index in [1.807, 2.05) is 13.0 Å². The SMILES string of the molecule is CCOC(=O)c1cc(CC)sc1NC(=O)CN(CC1CC1)C1CC1. The van der Waals surface area contributed by atoms with Gasteiger partial charge in [0.2, 0.25) is 5.91 Å². The predicted molar refractivity (Wildman–Crippen MR) is 95.6 cm³/mol. The van der Waals surface area contributed by atoms with Crippen LogP contribution < -0.4 is 5.32 Å². The summed E-state index contributed by atoms with van der Waals surface area (Å²) in [7, 11) is 0. The molecule has 0 aliphatic heterocycles. The van der Waals surface area contributed by atoms with Crippen molar-refractivity contribution >= 4 is 28.2 Å². The van der Waals surface area contributed by atoms with Crippen molar-refractivity contribution in [3.63, 3.8) is 0 Å². The number of carbonyl (C=O) groups is 2. The molecule has 0 bridgehead atoms. The molecule has 0 saturated heterocycles. The summed E-state index contributed by atoms with van der Waals surface area (Å²) in [6, 6.07) is 2.41. The third-order valence-electron chi connectivity index (χ3n) is 4.48. The molecule has 1 amide bonds. The first-order valence-electron chi connectivity index (χ1n) is 8.94. The summed E-state index contributed by atoms with van der Waals surface area (Å²) < 4.78 is 5.10. The fourth-order valence-corrected chi connectivity index (χ4v) is 3.84. The molecule has 1 aromatic heterocycles. The van der Waals surface area contributed by atoms with E-state index in [4.69, 9.17) is 4.74 Å². The van der Waals surface area contributed by atoms with Gasteiger partial charge in [-0.25, -0.2) is 4.79 Å². The van der Waals surface area contributed by atoms with E-state index in [0.29, 0.717) is 29.8 Å². The Hall–Kier alpha value is -1.40. The van der Waals surface area contributed by atoms with Gasteiger partial charge in [0.15, 0.2) is 0 Å². The Morgan fingerprint density at radius 1 is 1.29 bits per heavy atom. The number of hydrogen-bond acceptors (Lipinski definition) is 5. The van der Waals surface area contributed by atoms with E-state index in [2.05, 4.69) is 10.2 Å². The molecule has 1 N–H and O–H groups in total. The quantitative estimate of drug-likeness (QED) is 0.694. The third kappa shape index (κ3) is 4.57. The Morgan fingerprint density at radius 3 is 2.62 bits per heavy atom. The highest BCUT2D eigenvalue weighted by atomic mass is 32.1. The summed E-state index contributed by atoms with van der Waals surface area (Å²) in [5.74, 6) is 0.389. The van der Waals surface area contributed by atoms with Crippen LogP contribution in [0.3, 0.4) is 0 Å². The molecule has 1 aromatic rings. The van der Waals surface area contributed by atoms with Crippen molar-refractivity contribution in [3.05, 3.63) is 16.5 Å². The molecule has 1 heterocycles. The zero-order valence-corrected chi connectivity index (χ0v) is 15.3. The van der Waals surface area contributed by atoms with Crippen molar-refractivity contribution in [2.45, 2.75) is 52.0 Å². The number of amides is 1. The number of ether oxygens (including phenoxy) is 1. The van der Waals surface area contributed by atoms with Gasteiger partial charge in [0.1, 0.15) is 5.00 Å². The van der Waals surface area contributed by atoms with Crippen molar-refractivity contribution in [2.24, 2.45) is 5.92 Å². The van der Waals surface area contributed by atoms with Crippen molar-refractivity contribution < 1.29 is 14.3 Å². The van der Waals surface area contributed by atoms with Crippen molar-refractivity contribution in [1.82, 2.24) is 4.90 Å². The number of esters is 1. The van der Waals surface area contributed by atoms with Gasteiger partial charge in [0.05, 0.1) is 18.7 Å². The van der Waals surface area contributed by atoms with Gasteiger partial charge in [-0.15, -0.1) is 11.3 Å². The number of nitrogens with one attached hydrogen (secondary N) is 1. The van der Waals surface area contributed by atoms with Gasteiger partial charge in [0, 0.05) is 17.5 Å². The van der Waals surface area contributed by atoms with Crippen LogP contribution in [0.4, 0.5) is 5.00 Å². The molecule has 132 valence electrons. The van der Waals surface area contributed by atoms with Crippen LogP contribution in [0.2, 0.25) is 0 Å². The highest BCUT2D eigenvalue weighted by Crippen LogP contribution is 2.35. The van der Waals surface area contributed by atoms with E-state index in [1.54, 1.807) is 6.92 Å². The lowest BCUT2D eigenvalue weighted by atomic mass is 10.2. The Kier molecular flexibility index (Phi) is 5.56. The van der Waals surface area contributed by atoms with Gasteiger partial charge in [-0.2, -0.15) is 0 Å². The molecule has 2 aliphatic carbocycles. The monoisotopic (exact) mass is 350 g/mol. The van der Waals surface area contributed by atoms with Crippen LogP contribution in [-0.2, 0) is 16.0 Å². The number of carbonyl (C=O) groups excluding carboxylic acids is 2. The summed E-state index contributed by atoms with van der Waals surface area (Å²) in [6.07, 6.45) is 5.83. The first-order valence-corrected chi connectivity index (χ1v) is 9.76. The Bertz CT molecular complexity index is 605. The predicted octanol–water partition coefficient (Wildman–Crippen LogP) is 3.30. The minimum absolute atomic E-state index is 0.0300. The molecule has 3 rings (SSSR count). The van der Waals surface area contributed by atoms with Gasteiger partial charge in [-0.3, -0.25) is 9.69 Å². The number of aryl methyl sites for hydroxylation is 1. The number of rotatable bonds is 9. The lowest BCUT2D eigenvalue weighted by molar-refractivity contribution is -0.117. The van der Waals surface area contributed by atoms with E-state index in [1.165, 1.54) is 37.0 Å². The van der Waals surface area contributed by atoms with Gasteiger partial charge in [0.25, 0.3) is 0 Å². The van der Waals surface area contributed by atoms with E-state index >= 15 is 0 Å². The Morgan fingerprint density at radius 2 is 2.04 bits per heavy atom. The lowest BCUT2D eigenvalue weighted by Gasteiger charge is -2.21. The van der Waals surface area contributed by atoms with Gasteiger partial charge in [-0.1, -0.05) is 6.92 Å². The van der Waals surface area contributed by atoms with Crippen LogP contribution in [0.5, 0.6) is 0 Å². The van der Waals surface area contributed by atoms with E-state index in [9.17, 15) is 9.59 Å². The molecule has 2 aliphatic rings. The molecular weight excluding hydrogens is 324 g/mol. The fraction of sp³-hybridized carbons (Fsp3) is 0.667. The molecule has 6 heteroatoms. The van der Waals surface area contributed by atoms with E-state index < -0.39 is 0 Å². The first kappa shape index (κ1) is 17.4. The second-order valence-electron chi connectivity index (χ2n) is 6.68. The molecule has 0 unspecified atom stereocenters. The highest BCUT2D eigenvalue weighted by molar-refractivity contribution is 7.16. The lowest BCUT2D eigenvalue weighted by Crippen LogP contribution is -2.36. The maximum absolute atomic E-state index is 12.5.